The van der Waals surface area contributed by atoms with Crippen LogP contribution in [0.5, 0.6) is 0 Å². The third kappa shape index (κ3) is 1.78. The van der Waals surface area contributed by atoms with Gasteiger partial charge in [0.2, 0.25) is 0 Å². The van der Waals surface area contributed by atoms with Crippen molar-refractivity contribution in [3.8, 4) is 0 Å². The Morgan fingerprint density at radius 2 is 2.33 bits per heavy atom. The predicted molar refractivity (Wildman–Crippen MR) is 45.4 cm³/mol. The maximum Gasteiger partial charge on any atom is 0.0701 e. The van der Waals surface area contributed by atoms with E-state index in [1.165, 1.54) is 0 Å². The van der Waals surface area contributed by atoms with Crippen LogP contribution in [0.1, 0.15) is 19.8 Å². The van der Waals surface area contributed by atoms with Crippen molar-refractivity contribution in [2.75, 3.05) is 6.54 Å². The van der Waals surface area contributed by atoms with Gasteiger partial charge < -0.3 is 5.11 Å². The van der Waals surface area contributed by atoms with Crippen LogP contribution in [-0.4, -0.2) is 26.9 Å². The number of halogens is 1. The number of piperidine rings is 1. The van der Waals surface area contributed by atoms with Crippen LogP contribution in [0, 0.1) is 0 Å². The number of aliphatic hydroxyl groups excluding tert-OH is 1. The number of hydrogen-bond donors (Lipinski definition) is 1. The minimum Gasteiger partial charge on any atom is -0.391 e. The summed E-state index contributed by atoms with van der Waals surface area (Å²) in [6, 6.07) is 0.347. The zero-order valence-electron chi connectivity index (χ0n) is 5.55. The Bertz CT molecular complexity index is 89.1. The molecule has 9 heavy (non-hydrogen) atoms. The second-order valence-corrected chi connectivity index (χ2v) is 3.81. The summed E-state index contributed by atoms with van der Waals surface area (Å²) in [4.78, 5) is 0. The summed E-state index contributed by atoms with van der Waals surface area (Å²) in [6.07, 6.45) is 2.01. The quantitative estimate of drug-likeness (QED) is 0.508. The highest BCUT2D eigenvalue weighted by molar-refractivity contribution is 14.1. The van der Waals surface area contributed by atoms with Crippen LogP contribution in [0.4, 0.5) is 0 Å². The van der Waals surface area contributed by atoms with Gasteiger partial charge in [-0.05, 0) is 19.8 Å². The number of aliphatic hydroxyl groups is 1. The molecular formula is C6H12INO. The summed E-state index contributed by atoms with van der Waals surface area (Å²) in [6.45, 7) is 3.19. The molecular weight excluding hydrogens is 229 g/mol. The molecule has 1 heterocycles. The van der Waals surface area contributed by atoms with Crippen LogP contribution in [0.25, 0.3) is 0 Å². The van der Waals surface area contributed by atoms with Gasteiger partial charge in [-0.2, -0.15) is 0 Å². The van der Waals surface area contributed by atoms with Crippen molar-refractivity contribution in [2.24, 2.45) is 0 Å². The molecule has 3 heteroatoms. The zero-order valence-corrected chi connectivity index (χ0v) is 7.71. The van der Waals surface area contributed by atoms with E-state index in [4.69, 9.17) is 0 Å². The summed E-state index contributed by atoms with van der Waals surface area (Å²) in [7, 11) is 0. The van der Waals surface area contributed by atoms with Gasteiger partial charge in [0.1, 0.15) is 0 Å². The van der Waals surface area contributed by atoms with Crippen molar-refractivity contribution >= 4 is 22.9 Å². The molecule has 0 aromatic heterocycles. The van der Waals surface area contributed by atoms with Crippen molar-refractivity contribution in [3.05, 3.63) is 0 Å². The molecule has 0 amide bonds. The van der Waals surface area contributed by atoms with Gasteiger partial charge in [0.15, 0.2) is 0 Å². The lowest BCUT2D eigenvalue weighted by Gasteiger charge is -2.31. The summed E-state index contributed by atoms with van der Waals surface area (Å²) >= 11 is 2.27. The molecule has 0 aromatic rings. The molecule has 0 saturated carbocycles. The average Bonchev–Trinajstić information content (AvgIpc) is 1.83. The highest BCUT2D eigenvalue weighted by atomic mass is 127. The van der Waals surface area contributed by atoms with Gasteiger partial charge in [-0.3, -0.25) is 0 Å². The van der Waals surface area contributed by atoms with Gasteiger partial charge in [0, 0.05) is 35.5 Å². The Kier molecular flexibility index (Phi) is 2.73. The molecule has 0 aromatic carbocycles. The first-order valence-corrected chi connectivity index (χ1v) is 4.29. The Labute approximate surface area is 69.7 Å². The fourth-order valence-electron chi connectivity index (χ4n) is 1.08. The number of rotatable bonds is 0. The second-order valence-electron chi connectivity index (χ2n) is 2.57. The van der Waals surface area contributed by atoms with E-state index in [0.29, 0.717) is 6.04 Å². The molecule has 0 aliphatic carbocycles. The van der Waals surface area contributed by atoms with E-state index in [-0.39, 0.29) is 6.10 Å². The van der Waals surface area contributed by atoms with Crippen molar-refractivity contribution in [3.63, 3.8) is 0 Å². The first-order chi connectivity index (χ1) is 4.22. The molecule has 1 aliphatic heterocycles. The van der Waals surface area contributed by atoms with Crippen LogP contribution < -0.4 is 0 Å². The highest BCUT2D eigenvalue weighted by Gasteiger charge is 2.23. The topological polar surface area (TPSA) is 23.5 Å². The summed E-state index contributed by atoms with van der Waals surface area (Å²) < 4.78 is 2.17. The van der Waals surface area contributed by atoms with E-state index >= 15 is 0 Å². The van der Waals surface area contributed by atoms with E-state index in [0.717, 1.165) is 19.4 Å². The summed E-state index contributed by atoms with van der Waals surface area (Å²) in [5, 5.41) is 9.30. The van der Waals surface area contributed by atoms with Gasteiger partial charge in [0.25, 0.3) is 0 Å². The van der Waals surface area contributed by atoms with Crippen LogP contribution in [0.2, 0.25) is 0 Å². The minimum absolute atomic E-state index is 0.101. The standard InChI is InChI=1S/C6H12INO/c1-5-6(9)3-2-4-8(5)7/h5-6,9H,2-4H2,1H3/t5-,6-/m1/s1. The van der Waals surface area contributed by atoms with E-state index in [2.05, 4.69) is 32.9 Å². The third-order valence-electron chi connectivity index (χ3n) is 1.87. The molecule has 1 aliphatic rings. The molecule has 0 radical (unpaired) electrons. The Balaban J connectivity index is 2.41. The molecule has 0 unspecified atom stereocenters. The van der Waals surface area contributed by atoms with Gasteiger partial charge in [-0.15, -0.1) is 0 Å². The van der Waals surface area contributed by atoms with Crippen molar-refractivity contribution in [2.45, 2.75) is 31.9 Å². The minimum atomic E-state index is -0.101. The Morgan fingerprint density at radius 3 is 2.78 bits per heavy atom. The van der Waals surface area contributed by atoms with Crippen LogP contribution >= 0.6 is 22.9 Å². The lowest BCUT2D eigenvalue weighted by molar-refractivity contribution is 0.0739. The number of nitrogens with zero attached hydrogens (tertiary/aromatic N) is 1. The monoisotopic (exact) mass is 241 g/mol. The first kappa shape index (κ1) is 7.75. The Morgan fingerprint density at radius 1 is 1.67 bits per heavy atom. The molecule has 0 spiro atoms. The van der Waals surface area contributed by atoms with Gasteiger partial charge in [0.05, 0.1) is 6.10 Å². The Hall–Kier alpha value is 0.650. The van der Waals surface area contributed by atoms with Crippen molar-refractivity contribution < 1.29 is 5.11 Å². The van der Waals surface area contributed by atoms with Gasteiger partial charge >= 0.3 is 0 Å². The molecule has 1 N–H and O–H groups in total. The third-order valence-corrected chi connectivity index (χ3v) is 3.23. The van der Waals surface area contributed by atoms with E-state index < -0.39 is 0 Å². The summed E-state index contributed by atoms with van der Waals surface area (Å²) in [5.74, 6) is 0. The SMILES string of the molecule is C[C@@H]1[C@H](O)CCCN1I. The van der Waals surface area contributed by atoms with Crippen LogP contribution in [-0.2, 0) is 0 Å². The normalized spacial score (nSPS) is 39.0. The lowest BCUT2D eigenvalue weighted by Crippen LogP contribution is -2.40. The molecule has 0 bridgehead atoms. The molecule has 1 rings (SSSR count). The van der Waals surface area contributed by atoms with Gasteiger partial charge in [-0.25, -0.2) is 3.11 Å². The lowest BCUT2D eigenvalue weighted by atomic mass is 10.0. The average molecular weight is 241 g/mol. The molecule has 2 nitrogen and oxygen atoms in total. The molecule has 54 valence electrons. The second kappa shape index (κ2) is 3.16. The highest BCUT2D eigenvalue weighted by Crippen LogP contribution is 2.19. The maximum absolute atomic E-state index is 9.30. The zero-order chi connectivity index (χ0) is 6.85. The largest absolute Gasteiger partial charge is 0.391 e. The first-order valence-electron chi connectivity index (χ1n) is 3.32. The van der Waals surface area contributed by atoms with Crippen LogP contribution in [0.15, 0.2) is 0 Å². The molecule has 2 atom stereocenters. The number of hydrogen-bond acceptors (Lipinski definition) is 2. The fourth-order valence-corrected chi connectivity index (χ4v) is 1.80. The van der Waals surface area contributed by atoms with Crippen molar-refractivity contribution in [1.29, 1.82) is 0 Å². The maximum atomic E-state index is 9.30. The predicted octanol–water partition coefficient (Wildman–Crippen LogP) is 1.18. The van der Waals surface area contributed by atoms with Gasteiger partial charge in [-0.1, -0.05) is 0 Å². The van der Waals surface area contributed by atoms with Crippen molar-refractivity contribution in [1.82, 2.24) is 3.11 Å². The smallest absolute Gasteiger partial charge is 0.0701 e. The molecule has 1 fully saturated rings. The van der Waals surface area contributed by atoms with E-state index in [1.54, 1.807) is 0 Å². The van der Waals surface area contributed by atoms with Crippen LogP contribution in [0.3, 0.4) is 0 Å². The fraction of sp³-hybridized carbons (Fsp3) is 1.00. The summed E-state index contributed by atoms with van der Waals surface area (Å²) in [5.41, 5.74) is 0. The molecule has 1 saturated heterocycles. The van der Waals surface area contributed by atoms with E-state index in [9.17, 15) is 5.11 Å². The van der Waals surface area contributed by atoms with E-state index in [1.807, 2.05) is 0 Å².